The third-order valence-electron chi connectivity index (χ3n) is 3.83. The van der Waals surface area contributed by atoms with Crippen LogP contribution >= 0.6 is 0 Å². The van der Waals surface area contributed by atoms with Gasteiger partial charge in [-0.2, -0.15) is 0 Å². The van der Waals surface area contributed by atoms with Crippen molar-refractivity contribution in [1.82, 2.24) is 5.32 Å². The van der Waals surface area contributed by atoms with Crippen molar-refractivity contribution in [3.8, 4) is 5.75 Å². The Morgan fingerprint density at radius 2 is 2.00 bits per heavy atom. The van der Waals surface area contributed by atoms with Gasteiger partial charge in [0, 0.05) is 20.2 Å². The Kier molecular flexibility index (Phi) is 6.30. The molecule has 0 aliphatic heterocycles. The van der Waals surface area contributed by atoms with Crippen LogP contribution in [0.3, 0.4) is 0 Å². The molecule has 0 radical (unpaired) electrons. The van der Waals surface area contributed by atoms with Crippen molar-refractivity contribution in [2.24, 2.45) is 5.92 Å². The van der Waals surface area contributed by atoms with Crippen molar-refractivity contribution in [2.75, 3.05) is 26.9 Å². The molecule has 1 saturated carbocycles. The van der Waals surface area contributed by atoms with Crippen molar-refractivity contribution in [3.05, 3.63) is 29.8 Å². The molecular formula is C16H25NO3. The van der Waals surface area contributed by atoms with E-state index in [1.54, 1.807) is 7.11 Å². The molecular weight excluding hydrogens is 254 g/mol. The SMILES string of the molecule is COCCOc1ccc(CNCC2CCCC2O)cc1. The van der Waals surface area contributed by atoms with Crippen molar-refractivity contribution < 1.29 is 14.6 Å². The number of ether oxygens (including phenoxy) is 2. The van der Waals surface area contributed by atoms with E-state index in [2.05, 4.69) is 17.4 Å². The zero-order valence-electron chi connectivity index (χ0n) is 12.2. The number of aliphatic hydroxyl groups excluding tert-OH is 1. The molecule has 0 spiro atoms. The summed E-state index contributed by atoms with van der Waals surface area (Å²) in [4.78, 5) is 0. The number of benzene rings is 1. The highest BCUT2D eigenvalue weighted by Gasteiger charge is 2.24. The maximum Gasteiger partial charge on any atom is 0.119 e. The predicted molar refractivity (Wildman–Crippen MR) is 78.9 cm³/mol. The summed E-state index contributed by atoms with van der Waals surface area (Å²) in [5.41, 5.74) is 1.23. The average molecular weight is 279 g/mol. The fraction of sp³-hybridized carbons (Fsp3) is 0.625. The lowest BCUT2D eigenvalue weighted by Crippen LogP contribution is -2.27. The topological polar surface area (TPSA) is 50.7 Å². The highest BCUT2D eigenvalue weighted by Crippen LogP contribution is 2.24. The van der Waals surface area contributed by atoms with E-state index < -0.39 is 0 Å². The molecule has 0 bridgehead atoms. The molecule has 1 aromatic carbocycles. The Hall–Kier alpha value is -1.10. The quantitative estimate of drug-likeness (QED) is 0.714. The summed E-state index contributed by atoms with van der Waals surface area (Å²) in [5.74, 6) is 1.30. The first-order valence-corrected chi connectivity index (χ1v) is 7.39. The predicted octanol–water partition coefficient (Wildman–Crippen LogP) is 1.96. The van der Waals surface area contributed by atoms with Gasteiger partial charge in [0.05, 0.1) is 12.7 Å². The third kappa shape index (κ3) is 4.78. The molecule has 1 fully saturated rings. The molecule has 0 amide bonds. The number of nitrogens with one attached hydrogen (secondary N) is 1. The van der Waals surface area contributed by atoms with Gasteiger partial charge in [0.15, 0.2) is 0 Å². The van der Waals surface area contributed by atoms with Crippen LogP contribution < -0.4 is 10.1 Å². The van der Waals surface area contributed by atoms with Crippen LogP contribution in [0.4, 0.5) is 0 Å². The Labute approximate surface area is 121 Å². The zero-order chi connectivity index (χ0) is 14.2. The molecule has 4 nitrogen and oxygen atoms in total. The molecule has 0 saturated heterocycles. The van der Waals surface area contributed by atoms with Gasteiger partial charge in [-0.1, -0.05) is 18.6 Å². The van der Waals surface area contributed by atoms with Crippen LogP contribution in [0, 0.1) is 5.92 Å². The summed E-state index contributed by atoms with van der Waals surface area (Å²) < 4.78 is 10.5. The number of hydrogen-bond acceptors (Lipinski definition) is 4. The van der Waals surface area contributed by atoms with Gasteiger partial charge in [-0.25, -0.2) is 0 Å². The number of hydrogen-bond donors (Lipinski definition) is 2. The summed E-state index contributed by atoms with van der Waals surface area (Å²) in [6.45, 7) is 2.91. The first kappa shape index (κ1) is 15.3. The van der Waals surface area contributed by atoms with Gasteiger partial charge >= 0.3 is 0 Å². The third-order valence-corrected chi connectivity index (χ3v) is 3.83. The van der Waals surface area contributed by atoms with Crippen molar-refractivity contribution >= 4 is 0 Å². The van der Waals surface area contributed by atoms with Gasteiger partial charge in [-0.05, 0) is 36.5 Å². The maximum absolute atomic E-state index is 9.76. The maximum atomic E-state index is 9.76. The molecule has 2 N–H and O–H groups in total. The molecule has 2 atom stereocenters. The second kappa shape index (κ2) is 8.25. The second-order valence-electron chi connectivity index (χ2n) is 5.37. The summed E-state index contributed by atoms with van der Waals surface area (Å²) in [7, 11) is 1.67. The zero-order valence-corrected chi connectivity index (χ0v) is 12.2. The smallest absolute Gasteiger partial charge is 0.119 e. The monoisotopic (exact) mass is 279 g/mol. The van der Waals surface area contributed by atoms with Gasteiger partial charge in [-0.3, -0.25) is 0 Å². The molecule has 2 rings (SSSR count). The van der Waals surface area contributed by atoms with Gasteiger partial charge in [0.1, 0.15) is 12.4 Å². The lowest BCUT2D eigenvalue weighted by molar-refractivity contribution is 0.131. The highest BCUT2D eigenvalue weighted by molar-refractivity contribution is 5.27. The average Bonchev–Trinajstić information content (AvgIpc) is 2.87. The van der Waals surface area contributed by atoms with Crippen LogP contribution in [0.25, 0.3) is 0 Å². The Morgan fingerprint density at radius 3 is 2.65 bits per heavy atom. The summed E-state index contributed by atoms with van der Waals surface area (Å²) >= 11 is 0. The van der Waals surface area contributed by atoms with Crippen LogP contribution in [-0.2, 0) is 11.3 Å². The molecule has 1 aromatic rings. The van der Waals surface area contributed by atoms with Crippen LogP contribution in [-0.4, -0.2) is 38.1 Å². The standard InChI is InChI=1S/C16H25NO3/c1-19-9-10-20-15-7-5-13(6-8-15)11-17-12-14-3-2-4-16(14)18/h5-8,14,16-18H,2-4,9-12H2,1H3. The van der Waals surface area contributed by atoms with Gasteiger partial charge in [-0.15, -0.1) is 0 Å². The number of rotatable bonds is 8. The molecule has 1 aliphatic carbocycles. The van der Waals surface area contributed by atoms with Crippen LogP contribution in [0.1, 0.15) is 24.8 Å². The normalized spacial score (nSPS) is 22.1. The van der Waals surface area contributed by atoms with E-state index in [0.717, 1.165) is 38.1 Å². The molecule has 20 heavy (non-hydrogen) atoms. The molecule has 2 unspecified atom stereocenters. The molecule has 1 aliphatic rings. The summed E-state index contributed by atoms with van der Waals surface area (Å²) in [6.07, 6.45) is 3.14. The Balaban J connectivity index is 1.68. The van der Waals surface area contributed by atoms with Gasteiger partial charge < -0.3 is 19.9 Å². The van der Waals surface area contributed by atoms with E-state index in [1.807, 2.05) is 12.1 Å². The molecule has 0 aromatic heterocycles. The summed E-state index contributed by atoms with van der Waals surface area (Å²) in [5, 5.41) is 13.2. The fourth-order valence-corrected chi connectivity index (χ4v) is 2.60. The minimum Gasteiger partial charge on any atom is -0.491 e. The van der Waals surface area contributed by atoms with Gasteiger partial charge in [0.25, 0.3) is 0 Å². The molecule has 0 heterocycles. The minimum atomic E-state index is -0.112. The summed E-state index contributed by atoms with van der Waals surface area (Å²) in [6, 6.07) is 8.11. The highest BCUT2D eigenvalue weighted by atomic mass is 16.5. The van der Waals surface area contributed by atoms with Crippen molar-refractivity contribution in [3.63, 3.8) is 0 Å². The van der Waals surface area contributed by atoms with E-state index >= 15 is 0 Å². The van der Waals surface area contributed by atoms with Crippen LogP contribution in [0.2, 0.25) is 0 Å². The second-order valence-corrected chi connectivity index (χ2v) is 5.37. The lowest BCUT2D eigenvalue weighted by atomic mass is 10.1. The molecule has 4 heteroatoms. The Bertz CT molecular complexity index is 380. The van der Waals surface area contributed by atoms with Crippen molar-refractivity contribution in [2.45, 2.75) is 31.9 Å². The van der Waals surface area contributed by atoms with E-state index in [1.165, 1.54) is 5.56 Å². The van der Waals surface area contributed by atoms with Crippen LogP contribution in [0.5, 0.6) is 5.75 Å². The van der Waals surface area contributed by atoms with Crippen LogP contribution in [0.15, 0.2) is 24.3 Å². The number of methoxy groups -OCH3 is 1. The van der Waals surface area contributed by atoms with E-state index in [9.17, 15) is 5.11 Å². The van der Waals surface area contributed by atoms with E-state index in [0.29, 0.717) is 19.1 Å². The Morgan fingerprint density at radius 1 is 1.20 bits per heavy atom. The number of aliphatic hydroxyl groups is 1. The minimum absolute atomic E-state index is 0.112. The van der Waals surface area contributed by atoms with Crippen molar-refractivity contribution in [1.29, 1.82) is 0 Å². The first-order valence-electron chi connectivity index (χ1n) is 7.39. The molecule has 112 valence electrons. The lowest BCUT2D eigenvalue weighted by Gasteiger charge is -2.15. The first-order chi connectivity index (χ1) is 9.79. The fourth-order valence-electron chi connectivity index (χ4n) is 2.60. The largest absolute Gasteiger partial charge is 0.491 e. The van der Waals surface area contributed by atoms with E-state index in [-0.39, 0.29) is 6.10 Å². The van der Waals surface area contributed by atoms with Gasteiger partial charge in [0.2, 0.25) is 0 Å². The van der Waals surface area contributed by atoms with E-state index in [4.69, 9.17) is 9.47 Å².